The van der Waals surface area contributed by atoms with Crippen LogP contribution in [-0.2, 0) is 11.3 Å². The minimum Gasteiger partial charge on any atom is -0.326 e. The number of rotatable bonds is 2. The molecule has 0 unspecified atom stereocenters. The summed E-state index contributed by atoms with van der Waals surface area (Å²) >= 11 is 6.16. The minimum absolute atomic E-state index is 0.161. The smallest absolute Gasteiger partial charge is 0.227 e. The highest BCUT2D eigenvalue weighted by molar-refractivity contribution is 6.33. The molecule has 1 aromatic rings. The molecule has 3 nitrogen and oxygen atoms in total. The number of benzene rings is 1. The SMILES string of the molecule is NCc1ccc(N2CCCCC2=O)c(Cl)c1. The van der Waals surface area contributed by atoms with E-state index in [1.165, 1.54) is 0 Å². The summed E-state index contributed by atoms with van der Waals surface area (Å²) in [6, 6.07) is 5.63. The van der Waals surface area contributed by atoms with E-state index >= 15 is 0 Å². The van der Waals surface area contributed by atoms with Gasteiger partial charge in [-0.15, -0.1) is 0 Å². The second-order valence-corrected chi connectivity index (χ2v) is 4.40. The van der Waals surface area contributed by atoms with Crippen LogP contribution >= 0.6 is 11.6 Å². The number of nitrogens with zero attached hydrogens (tertiary/aromatic N) is 1. The van der Waals surface area contributed by atoms with Crippen LogP contribution in [0.5, 0.6) is 0 Å². The molecule has 1 aromatic carbocycles. The lowest BCUT2D eigenvalue weighted by molar-refractivity contribution is -0.119. The second-order valence-electron chi connectivity index (χ2n) is 3.99. The molecule has 1 heterocycles. The number of amides is 1. The minimum atomic E-state index is 0.161. The van der Waals surface area contributed by atoms with Crippen molar-refractivity contribution >= 4 is 23.2 Å². The summed E-state index contributed by atoms with van der Waals surface area (Å²) in [5.74, 6) is 0.161. The van der Waals surface area contributed by atoms with Crippen molar-refractivity contribution in [1.82, 2.24) is 0 Å². The normalized spacial score (nSPS) is 16.6. The maximum absolute atomic E-state index is 11.7. The van der Waals surface area contributed by atoms with Crippen LogP contribution in [0.4, 0.5) is 5.69 Å². The molecule has 0 saturated carbocycles. The molecule has 86 valence electrons. The van der Waals surface area contributed by atoms with E-state index in [0.717, 1.165) is 30.6 Å². The summed E-state index contributed by atoms with van der Waals surface area (Å²) in [4.78, 5) is 13.5. The third-order valence-electron chi connectivity index (χ3n) is 2.86. The van der Waals surface area contributed by atoms with Crippen LogP contribution in [0.3, 0.4) is 0 Å². The Morgan fingerprint density at radius 2 is 2.19 bits per heavy atom. The Balaban J connectivity index is 2.28. The van der Waals surface area contributed by atoms with Gasteiger partial charge in [-0.3, -0.25) is 4.79 Å². The Kier molecular flexibility index (Phi) is 3.46. The molecule has 2 rings (SSSR count). The van der Waals surface area contributed by atoms with Gasteiger partial charge in [0.05, 0.1) is 10.7 Å². The standard InChI is InChI=1S/C12H15ClN2O/c13-10-7-9(8-14)4-5-11(10)15-6-2-1-3-12(15)16/h4-5,7H,1-3,6,8,14H2. The van der Waals surface area contributed by atoms with Crippen molar-refractivity contribution in [3.05, 3.63) is 28.8 Å². The molecule has 0 atom stereocenters. The molecule has 1 aliphatic rings. The summed E-state index contributed by atoms with van der Waals surface area (Å²) in [7, 11) is 0. The van der Waals surface area contributed by atoms with E-state index in [0.29, 0.717) is 18.0 Å². The van der Waals surface area contributed by atoms with Crippen LogP contribution < -0.4 is 10.6 Å². The van der Waals surface area contributed by atoms with Crippen LogP contribution in [0.25, 0.3) is 0 Å². The molecule has 16 heavy (non-hydrogen) atoms. The highest BCUT2D eigenvalue weighted by Gasteiger charge is 2.21. The maximum Gasteiger partial charge on any atom is 0.227 e. The zero-order valence-electron chi connectivity index (χ0n) is 9.08. The van der Waals surface area contributed by atoms with E-state index in [2.05, 4.69) is 0 Å². The van der Waals surface area contributed by atoms with Crippen molar-refractivity contribution in [3.63, 3.8) is 0 Å². The van der Waals surface area contributed by atoms with E-state index < -0.39 is 0 Å². The summed E-state index contributed by atoms with van der Waals surface area (Å²) < 4.78 is 0. The van der Waals surface area contributed by atoms with E-state index in [9.17, 15) is 4.79 Å². The Labute approximate surface area is 100 Å². The molecule has 1 fully saturated rings. The molecule has 1 aliphatic heterocycles. The zero-order valence-corrected chi connectivity index (χ0v) is 9.83. The van der Waals surface area contributed by atoms with E-state index in [4.69, 9.17) is 17.3 Å². The van der Waals surface area contributed by atoms with Crippen molar-refractivity contribution in [3.8, 4) is 0 Å². The molecule has 1 amide bonds. The van der Waals surface area contributed by atoms with Gasteiger partial charge < -0.3 is 10.6 Å². The fourth-order valence-corrected chi connectivity index (χ4v) is 2.26. The number of carbonyl (C=O) groups is 1. The first kappa shape index (κ1) is 11.4. The largest absolute Gasteiger partial charge is 0.326 e. The highest BCUT2D eigenvalue weighted by Crippen LogP contribution is 2.29. The summed E-state index contributed by atoms with van der Waals surface area (Å²) in [6.45, 7) is 1.23. The van der Waals surface area contributed by atoms with E-state index in [1.54, 1.807) is 4.90 Å². The molecule has 0 radical (unpaired) electrons. The maximum atomic E-state index is 11.7. The van der Waals surface area contributed by atoms with Crippen LogP contribution in [0.2, 0.25) is 5.02 Å². The third kappa shape index (κ3) is 2.20. The van der Waals surface area contributed by atoms with Gasteiger partial charge in [0.1, 0.15) is 0 Å². The Bertz CT molecular complexity index is 406. The zero-order chi connectivity index (χ0) is 11.5. The van der Waals surface area contributed by atoms with Crippen molar-refractivity contribution in [2.24, 2.45) is 5.73 Å². The summed E-state index contributed by atoms with van der Waals surface area (Å²) in [6.07, 6.45) is 2.64. The fraction of sp³-hybridized carbons (Fsp3) is 0.417. The topological polar surface area (TPSA) is 46.3 Å². The van der Waals surface area contributed by atoms with Crippen LogP contribution in [0, 0.1) is 0 Å². The third-order valence-corrected chi connectivity index (χ3v) is 3.16. The number of hydrogen-bond donors (Lipinski definition) is 1. The predicted molar refractivity (Wildman–Crippen MR) is 65.5 cm³/mol. The Hall–Kier alpha value is -1.06. The molecule has 0 bridgehead atoms. The number of nitrogens with two attached hydrogens (primary N) is 1. The lowest BCUT2D eigenvalue weighted by atomic mass is 10.1. The first-order valence-corrected chi connectivity index (χ1v) is 5.89. The van der Waals surface area contributed by atoms with Gasteiger partial charge in [-0.25, -0.2) is 0 Å². The van der Waals surface area contributed by atoms with Gasteiger partial charge in [0, 0.05) is 19.5 Å². The lowest BCUT2D eigenvalue weighted by Gasteiger charge is -2.27. The van der Waals surface area contributed by atoms with Gasteiger partial charge in [0.25, 0.3) is 0 Å². The fourth-order valence-electron chi connectivity index (χ4n) is 1.96. The van der Waals surface area contributed by atoms with Crippen LogP contribution in [0.1, 0.15) is 24.8 Å². The number of carbonyl (C=O) groups excluding carboxylic acids is 1. The van der Waals surface area contributed by atoms with Crippen molar-refractivity contribution < 1.29 is 4.79 Å². The Morgan fingerprint density at radius 1 is 1.38 bits per heavy atom. The van der Waals surface area contributed by atoms with Crippen molar-refractivity contribution in [1.29, 1.82) is 0 Å². The average Bonchev–Trinajstić information content (AvgIpc) is 2.30. The molecule has 4 heteroatoms. The number of piperidine rings is 1. The molecular formula is C12H15ClN2O. The highest BCUT2D eigenvalue weighted by atomic mass is 35.5. The van der Waals surface area contributed by atoms with Crippen LogP contribution in [0.15, 0.2) is 18.2 Å². The molecule has 0 spiro atoms. The monoisotopic (exact) mass is 238 g/mol. The number of hydrogen-bond acceptors (Lipinski definition) is 2. The second kappa shape index (κ2) is 4.85. The van der Waals surface area contributed by atoms with Gasteiger partial charge in [-0.05, 0) is 30.5 Å². The lowest BCUT2D eigenvalue weighted by Crippen LogP contribution is -2.35. The molecule has 2 N–H and O–H groups in total. The molecular weight excluding hydrogens is 224 g/mol. The molecule has 0 aromatic heterocycles. The molecule has 0 aliphatic carbocycles. The van der Waals surface area contributed by atoms with Crippen LogP contribution in [-0.4, -0.2) is 12.5 Å². The van der Waals surface area contributed by atoms with Gasteiger partial charge in [0.2, 0.25) is 5.91 Å². The average molecular weight is 239 g/mol. The van der Waals surface area contributed by atoms with Gasteiger partial charge in [-0.1, -0.05) is 17.7 Å². The number of halogens is 1. The van der Waals surface area contributed by atoms with Crippen molar-refractivity contribution in [2.75, 3.05) is 11.4 Å². The summed E-state index contributed by atoms with van der Waals surface area (Å²) in [5.41, 5.74) is 7.33. The first-order chi connectivity index (χ1) is 7.72. The van der Waals surface area contributed by atoms with Gasteiger partial charge in [-0.2, -0.15) is 0 Å². The Morgan fingerprint density at radius 3 is 2.81 bits per heavy atom. The van der Waals surface area contributed by atoms with E-state index in [1.807, 2.05) is 18.2 Å². The summed E-state index contributed by atoms with van der Waals surface area (Å²) in [5, 5.41) is 0.609. The molecule has 1 saturated heterocycles. The quantitative estimate of drug-likeness (QED) is 0.860. The van der Waals surface area contributed by atoms with Gasteiger partial charge >= 0.3 is 0 Å². The number of anilines is 1. The van der Waals surface area contributed by atoms with E-state index in [-0.39, 0.29) is 5.91 Å². The van der Waals surface area contributed by atoms with Gasteiger partial charge in [0.15, 0.2) is 0 Å². The first-order valence-electron chi connectivity index (χ1n) is 5.51. The van der Waals surface area contributed by atoms with Crippen molar-refractivity contribution in [2.45, 2.75) is 25.8 Å². The predicted octanol–water partition coefficient (Wildman–Crippen LogP) is 2.32.